The number of nitrogens with one attached hydrogen (secondary N) is 2. The largest absolute Gasteiger partial charge is 0.452 e. The second kappa shape index (κ2) is 8.67. The van der Waals surface area contributed by atoms with E-state index in [0.29, 0.717) is 16.3 Å². The summed E-state index contributed by atoms with van der Waals surface area (Å²) in [6.45, 7) is 1.01. The van der Waals surface area contributed by atoms with Crippen molar-refractivity contribution in [1.82, 2.24) is 0 Å². The van der Waals surface area contributed by atoms with Crippen LogP contribution in [-0.2, 0) is 27.2 Å². The molecule has 2 N–H and O–H groups in total. The molecule has 0 unspecified atom stereocenters. The number of ether oxygens (including phenoxy) is 1. The Labute approximate surface area is 169 Å². The van der Waals surface area contributed by atoms with E-state index in [-0.39, 0.29) is 12.5 Å². The van der Waals surface area contributed by atoms with Gasteiger partial charge in [-0.15, -0.1) is 11.3 Å². The third kappa shape index (κ3) is 4.95. The number of rotatable bonds is 5. The van der Waals surface area contributed by atoms with Gasteiger partial charge in [-0.05, 0) is 55.5 Å². The van der Waals surface area contributed by atoms with Crippen LogP contribution in [0.5, 0.6) is 0 Å². The molecule has 1 aromatic carbocycles. The van der Waals surface area contributed by atoms with Gasteiger partial charge in [0.15, 0.2) is 6.61 Å². The van der Waals surface area contributed by atoms with E-state index in [1.54, 1.807) is 24.3 Å². The lowest BCUT2D eigenvalue weighted by Gasteiger charge is -2.13. The fraction of sp³-hybridized carbons (Fsp3) is 0.316. The zero-order valence-electron chi connectivity index (χ0n) is 14.8. The summed E-state index contributed by atoms with van der Waals surface area (Å²) in [5.41, 5.74) is 1.95. The first-order valence-corrected chi connectivity index (χ1v) is 10.2. The highest BCUT2D eigenvalue weighted by atomic mass is 79.9. The van der Waals surface area contributed by atoms with Crippen LogP contribution in [0.1, 0.15) is 40.6 Å². The SMILES string of the molecule is CC(=O)Nc1sc2c(c1C(=O)OCC(=O)Nc1ccc(Br)cc1)CCCC2. The lowest BCUT2D eigenvalue weighted by Crippen LogP contribution is -2.22. The molecule has 3 rings (SSSR count). The zero-order valence-corrected chi connectivity index (χ0v) is 17.2. The highest BCUT2D eigenvalue weighted by molar-refractivity contribution is 9.10. The van der Waals surface area contributed by atoms with Gasteiger partial charge in [-0.1, -0.05) is 15.9 Å². The maximum atomic E-state index is 12.6. The van der Waals surface area contributed by atoms with E-state index in [0.717, 1.165) is 40.6 Å². The Balaban J connectivity index is 1.68. The van der Waals surface area contributed by atoms with Crippen molar-refractivity contribution in [1.29, 1.82) is 0 Å². The van der Waals surface area contributed by atoms with Gasteiger partial charge in [-0.2, -0.15) is 0 Å². The molecule has 27 heavy (non-hydrogen) atoms. The molecule has 8 heteroatoms. The first-order valence-electron chi connectivity index (χ1n) is 8.58. The lowest BCUT2D eigenvalue weighted by molar-refractivity contribution is -0.119. The first kappa shape index (κ1) is 19.6. The van der Waals surface area contributed by atoms with Crippen LogP contribution in [0.4, 0.5) is 10.7 Å². The molecule has 1 aliphatic carbocycles. The van der Waals surface area contributed by atoms with Crippen molar-refractivity contribution < 1.29 is 19.1 Å². The number of anilines is 2. The Hall–Kier alpha value is -2.19. The zero-order chi connectivity index (χ0) is 19.4. The number of halogens is 1. The molecular formula is C19H19BrN2O4S. The number of aryl methyl sites for hydroxylation is 1. The smallest absolute Gasteiger partial charge is 0.341 e. The first-order chi connectivity index (χ1) is 12.9. The Morgan fingerprint density at radius 1 is 1.11 bits per heavy atom. The van der Waals surface area contributed by atoms with E-state index in [1.165, 1.54) is 18.3 Å². The minimum absolute atomic E-state index is 0.240. The van der Waals surface area contributed by atoms with Crippen molar-refractivity contribution in [3.05, 3.63) is 44.7 Å². The van der Waals surface area contributed by atoms with Crippen LogP contribution in [0, 0.1) is 0 Å². The van der Waals surface area contributed by atoms with Gasteiger partial charge in [0.05, 0.1) is 5.56 Å². The maximum Gasteiger partial charge on any atom is 0.341 e. The topological polar surface area (TPSA) is 84.5 Å². The van der Waals surface area contributed by atoms with Gasteiger partial charge in [0, 0.05) is 22.0 Å². The Kier molecular flexibility index (Phi) is 6.28. The molecule has 0 saturated heterocycles. The molecular weight excluding hydrogens is 432 g/mol. The highest BCUT2D eigenvalue weighted by Crippen LogP contribution is 2.38. The predicted molar refractivity (Wildman–Crippen MR) is 108 cm³/mol. The lowest BCUT2D eigenvalue weighted by atomic mass is 9.95. The van der Waals surface area contributed by atoms with Gasteiger partial charge in [0.2, 0.25) is 5.91 Å². The van der Waals surface area contributed by atoms with Crippen LogP contribution in [0.2, 0.25) is 0 Å². The number of hydrogen-bond acceptors (Lipinski definition) is 5. The Bertz CT molecular complexity index is 877. The third-order valence-corrected chi connectivity index (χ3v) is 5.86. The molecule has 1 heterocycles. The summed E-state index contributed by atoms with van der Waals surface area (Å²) < 4.78 is 6.13. The summed E-state index contributed by atoms with van der Waals surface area (Å²) in [4.78, 5) is 37.3. The summed E-state index contributed by atoms with van der Waals surface area (Å²) in [6, 6.07) is 7.10. The molecule has 2 aromatic rings. The fourth-order valence-electron chi connectivity index (χ4n) is 2.96. The van der Waals surface area contributed by atoms with E-state index < -0.39 is 11.9 Å². The number of fused-ring (bicyclic) bond motifs is 1. The van der Waals surface area contributed by atoms with Crippen LogP contribution < -0.4 is 10.6 Å². The molecule has 2 amide bonds. The second-order valence-corrected chi connectivity index (χ2v) is 8.25. The Morgan fingerprint density at radius 3 is 2.52 bits per heavy atom. The van der Waals surface area contributed by atoms with Crippen molar-refractivity contribution in [2.45, 2.75) is 32.6 Å². The molecule has 142 valence electrons. The molecule has 0 spiro atoms. The molecule has 1 aliphatic rings. The normalized spacial score (nSPS) is 12.8. The van der Waals surface area contributed by atoms with Crippen molar-refractivity contribution in [2.75, 3.05) is 17.2 Å². The molecule has 0 aliphatic heterocycles. The summed E-state index contributed by atoms with van der Waals surface area (Å²) in [5, 5.41) is 5.90. The quantitative estimate of drug-likeness (QED) is 0.670. The maximum absolute atomic E-state index is 12.6. The van der Waals surface area contributed by atoms with Crippen molar-refractivity contribution >= 4 is 55.7 Å². The molecule has 0 atom stereocenters. The summed E-state index contributed by atoms with van der Waals surface area (Å²) in [5.74, 6) is -1.24. The standard InChI is InChI=1S/C19H19BrN2O4S/c1-11(23)21-18-17(14-4-2-3-5-15(14)27-18)19(25)26-10-16(24)22-13-8-6-12(20)7-9-13/h6-9H,2-5,10H2,1H3,(H,21,23)(H,22,24). The van der Waals surface area contributed by atoms with Crippen LogP contribution in [0.15, 0.2) is 28.7 Å². The van der Waals surface area contributed by atoms with Crippen LogP contribution in [0.3, 0.4) is 0 Å². The molecule has 6 nitrogen and oxygen atoms in total. The number of hydrogen-bond donors (Lipinski definition) is 2. The minimum atomic E-state index is -0.580. The number of amides is 2. The second-order valence-electron chi connectivity index (χ2n) is 6.23. The van der Waals surface area contributed by atoms with Crippen LogP contribution >= 0.6 is 27.3 Å². The van der Waals surface area contributed by atoms with Gasteiger partial charge in [0.1, 0.15) is 5.00 Å². The monoisotopic (exact) mass is 450 g/mol. The van der Waals surface area contributed by atoms with Gasteiger partial charge in [-0.3, -0.25) is 9.59 Å². The van der Waals surface area contributed by atoms with Crippen molar-refractivity contribution in [3.63, 3.8) is 0 Å². The summed E-state index contributed by atoms with van der Waals surface area (Å²) in [6.07, 6.45) is 3.73. The van der Waals surface area contributed by atoms with E-state index in [2.05, 4.69) is 26.6 Å². The molecule has 0 radical (unpaired) electrons. The van der Waals surface area contributed by atoms with E-state index >= 15 is 0 Å². The van der Waals surface area contributed by atoms with Gasteiger partial charge >= 0.3 is 5.97 Å². The van der Waals surface area contributed by atoms with E-state index in [1.807, 2.05) is 0 Å². The average molecular weight is 451 g/mol. The molecule has 0 bridgehead atoms. The summed E-state index contributed by atoms with van der Waals surface area (Å²) >= 11 is 4.75. The van der Waals surface area contributed by atoms with Gasteiger partial charge in [0.25, 0.3) is 5.91 Å². The van der Waals surface area contributed by atoms with E-state index in [9.17, 15) is 14.4 Å². The van der Waals surface area contributed by atoms with Gasteiger partial charge < -0.3 is 15.4 Å². The van der Waals surface area contributed by atoms with Gasteiger partial charge in [-0.25, -0.2) is 4.79 Å². The average Bonchev–Trinajstić information content (AvgIpc) is 2.98. The molecule has 1 aromatic heterocycles. The number of carbonyl (C=O) groups is 3. The van der Waals surface area contributed by atoms with Crippen LogP contribution in [0.25, 0.3) is 0 Å². The number of esters is 1. The third-order valence-electron chi connectivity index (χ3n) is 4.13. The summed E-state index contributed by atoms with van der Waals surface area (Å²) in [7, 11) is 0. The number of thiophene rings is 1. The highest BCUT2D eigenvalue weighted by Gasteiger charge is 2.27. The predicted octanol–water partition coefficient (Wildman–Crippen LogP) is 4.14. The van der Waals surface area contributed by atoms with Crippen LogP contribution in [-0.4, -0.2) is 24.4 Å². The minimum Gasteiger partial charge on any atom is -0.452 e. The van der Waals surface area contributed by atoms with E-state index in [4.69, 9.17) is 4.74 Å². The Morgan fingerprint density at radius 2 is 1.81 bits per heavy atom. The number of benzene rings is 1. The fourth-order valence-corrected chi connectivity index (χ4v) is 4.55. The number of carbonyl (C=O) groups excluding carboxylic acids is 3. The molecule has 0 fully saturated rings. The van der Waals surface area contributed by atoms with Crippen molar-refractivity contribution in [3.8, 4) is 0 Å². The molecule has 0 saturated carbocycles. The van der Waals surface area contributed by atoms with Crippen molar-refractivity contribution in [2.24, 2.45) is 0 Å².